The van der Waals surface area contributed by atoms with Gasteiger partial charge >= 0.3 is 39.5 Å². The van der Waals surface area contributed by atoms with Crippen molar-refractivity contribution in [3.63, 3.8) is 0 Å². The molecular weight excluding hydrogens is 1270 g/mol. The highest BCUT2D eigenvalue weighted by Crippen LogP contribution is 2.45. The lowest BCUT2D eigenvalue weighted by molar-refractivity contribution is -0.161. The quantitative estimate of drug-likeness (QED) is 0.0222. The summed E-state index contributed by atoms with van der Waals surface area (Å²) >= 11 is 0. The minimum Gasteiger partial charge on any atom is -0.462 e. The Hall–Kier alpha value is -1.94. The molecule has 0 heterocycles. The summed E-state index contributed by atoms with van der Waals surface area (Å²) in [5.74, 6) is 0.849. The van der Waals surface area contributed by atoms with Crippen molar-refractivity contribution in [2.45, 2.75) is 414 Å². The fourth-order valence-corrected chi connectivity index (χ4v) is 13.5. The van der Waals surface area contributed by atoms with Gasteiger partial charge in [-0.15, -0.1) is 0 Å². The van der Waals surface area contributed by atoms with Crippen LogP contribution in [0.25, 0.3) is 0 Å². The average Bonchev–Trinajstić information content (AvgIpc) is 3.30. The number of phosphoric ester groups is 2. The van der Waals surface area contributed by atoms with E-state index in [1.807, 2.05) is 0 Å². The van der Waals surface area contributed by atoms with Gasteiger partial charge in [0.25, 0.3) is 0 Å². The Kier molecular flexibility index (Phi) is 65.9. The molecule has 0 aliphatic rings. The number of carbonyl (C=O) groups excluding carboxylic acids is 4. The Bertz CT molecular complexity index is 1900. The van der Waals surface area contributed by atoms with E-state index in [9.17, 15) is 43.2 Å². The molecule has 0 rings (SSSR count). The standard InChI is InChI=1S/C78H152O17P2/c1-68(2)54-46-38-30-26-22-18-14-11-9-10-12-16-20-24-28-32-42-50-58-75(80)88-64-73(94-77(82)60-52-44-33-29-25-21-17-13-15-19-23-27-31-39-47-55-69(3)4)66-92-96(84,85)90-62-72(79)63-91-97(86,87)93-67-74(95-78(83)61-53-45-37-35-41-49-57-71(7)8)65-89-76(81)59-51-43-36-34-40-48-56-70(5)6/h68-74,79H,9-67H2,1-8H3,(H,84,85)(H,86,87)/t72-,73-,74-/m1/s1. The predicted molar refractivity (Wildman–Crippen MR) is 395 cm³/mol. The SMILES string of the molecule is CC(C)CCCCCCCCCCCCCCCCCCCCC(=O)OC[C@H](COP(=O)(O)OC[C@@H](O)COP(=O)(O)OC[C@@H](COC(=O)CCCCCCCCC(C)C)OC(=O)CCCCCCCCC(C)C)OC(=O)CCCCCCCCCCCCCCCCCC(C)C. The molecule has 0 spiro atoms. The average molecular weight is 1420 g/mol. The Balaban J connectivity index is 5.17. The lowest BCUT2D eigenvalue weighted by Gasteiger charge is -2.21. The molecule has 0 bridgehead atoms. The third kappa shape index (κ3) is 72.2. The molecule has 97 heavy (non-hydrogen) atoms. The monoisotopic (exact) mass is 1420 g/mol. The van der Waals surface area contributed by atoms with Crippen LogP contribution in [0.3, 0.4) is 0 Å². The minimum atomic E-state index is -4.96. The first kappa shape index (κ1) is 95.1. The van der Waals surface area contributed by atoms with Gasteiger partial charge in [-0.25, -0.2) is 9.13 Å². The van der Waals surface area contributed by atoms with Crippen molar-refractivity contribution < 1.29 is 80.2 Å². The van der Waals surface area contributed by atoms with E-state index in [-0.39, 0.29) is 25.7 Å². The highest BCUT2D eigenvalue weighted by molar-refractivity contribution is 7.47. The molecule has 3 N–H and O–H groups in total. The Labute approximate surface area is 594 Å². The topological polar surface area (TPSA) is 237 Å². The van der Waals surface area contributed by atoms with Crippen molar-refractivity contribution in [2.75, 3.05) is 39.6 Å². The van der Waals surface area contributed by atoms with Gasteiger partial charge in [-0.3, -0.25) is 37.3 Å². The second kappa shape index (κ2) is 67.2. The summed E-state index contributed by atoms with van der Waals surface area (Å²) < 4.78 is 68.5. The van der Waals surface area contributed by atoms with Gasteiger partial charge in [0.1, 0.15) is 19.3 Å². The summed E-state index contributed by atoms with van der Waals surface area (Å²) in [4.78, 5) is 72.7. The first-order valence-corrected chi connectivity index (χ1v) is 43.2. The number of aliphatic hydroxyl groups excluding tert-OH is 1. The van der Waals surface area contributed by atoms with Crippen LogP contribution in [0.4, 0.5) is 0 Å². The normalized spacial score (nSPS) is 14.1. The minimum absolute atomic E-state index is 0.101. The summed E-state index contributed by atoms with van der Waals surface area (Å²) in [5, 5.41) is 10.6. The molecule has 0 aliphatic carbocycles. The molecular formula is C78H152O17P2. The van der Waals surface area contributed by atoms with Crippen LogP contribution < -0.4 is 0 Å². The van der Waals surface area contributed by atoms with E-state index in [2.05, 4.69) is 55.4 Å². The van der Waals surface area contributed by atoms with Gasteiger partial charge in [-0.1, -0.05) is 344 Å². The summed E-state index contributed by atoms with van der Waals surface area (Å²) in [6, 6.07) is 0. The highest BCUT2D eigenvalue weighted by Gasteiger charge is 2.30. The molecule has 0 aliphatic heterocycles. The van der Waals surface area contributed by atoms with Gasteiger partial charge in [0.05, 0.1) is 26.4 Å². The molecule has 2 unspecified atom stereocenters. The summed E-state index contributed by atoms with van der Waals surface area (Å²) in [6.07, 6.45) is 53.3. The Morgan fingerprint density at radius 3 is 0.639 bits per heavy atom. The van der Waals surface area contributed by atoms with E-state index in [1.165, 1.54) is 193 Å². The van der Waals surface area contributed by atoms with Gasteiger partial charge in [-0.2, -0.15) is 0 Å². The van der Waals surface area contributed by atoms with Crippen LogP contribution in [0.1, 0.15) is 396 Å². The molecule has 17 nitrogen and oxygen atoms in total. The number of hydrogen-bond acceptors (Lipinski definition) is 15. The molecule has 576 valence electrons. The summed E-state index contributed by atoms with van der Waals surface area (Å²) in [6.45, 7) is 14.1. The van der Waals surface area contributed by atoms with Crippen LogP contribution in [0.2, 0.25) is 0 Å². The van der Waals surface area contributed by atoms with Gasteiger partial charge in [0.15, 0.2) is 12.2 Å². The maximum absolute atomic E-state index is 13.1. The molecule has 0 fully saturated rings. The molecule has 0 amide bonds. The Morgan fingerprint density at radius 1 is 0.258 bits per heavy atom. The maximum Gasteiger partial charge on any atom is 0.472 e. The first-order valence-electron chi connectivity index (χ1n) is 40.2. The van der Waals surface area contributed by atoms with Gasteiger partial charge < -0.3 is 33.8 Å². The maximum atomic E-state index is 13.1. The van der Waals surface area contributed by atoms with Crippen LogP contribution in [0.5, 0.6) is 0 Å². The van der Waals surface area contributed by atoms with E-state index in [1.54, 1.807) is 0 Å². The number of esters is 4. The van der Waals surface area contributed by atoms with Crippen LogP contribution in [0, 0.1) is 23.7 Å². The van der Waals surface area contributed by atoms with Crippen molar-refractivity contribution in [2.24, 2.45) is 23.7 Å². The summed E-state index contributed by atoms with van der Waals surface area (Å²) in [5.41, 5.74) is 0. The van der Waals surface area contributed by atoms with E-state index in [0.717, 1.165) is 108 Å². The number of phosphoric acid groups is 2. The molecule has 0 aromatic rings. The lowest BCUT2D eigenvalue weighted by atomic mass is 10.0. The Morgan fingerprint density at radius 2 is 0.433 bits per heavy atom. The number of unbranched alkanes of at least 4 members (excludes halogenated alkanes) is 41. The van der Waals surface area contributed by atoms with Gasteiger partial charge in [0.2, 0.25) is 0 Å². The van der Waals surface area contributed by atoms with Crippen LogP contribution in [-0.2, 0) is 65.4 Å². The van der Waals surface area contributed by atoms with Crippen molar-refractivity contribution >= 4 is 39.5 Å². The van der Waals surface area contributed by atoms with Gasteiger partial charge in [0, 0.05) is 25.7 Å². The summed E-state index contributed by atoms with van der Waals surface area (Å²) in [7, 11) is -9.91. The second-order valence-electron chi connectivity index (χ2n) is 30.0. The van der Waals surface area contributed by atoms with E-state index in [0.29, 0.717) is 37.5 Å². The first-order chi connectivity index (χ1) is 46.6. The number of hydrogen-bond donors (Lipinski definition) is 3. The van der Waals surface area contributed by atoms with Crippen LogP contribution >= 0.6 is 15.6 Å². The predicted octanol–water partition coefficient (Wildman–Crippen LogP) is 22.8. The van der Waals surface area contributed by atoms with Crippen LogP contribution in [0.15, 0.2) is 0 Å². The third-order valence-corrected chi connectivity index (χ3v) is 20.0. The van der Waals surface area contributed by atoms with E-state index >= 15 is 0 Å². The molecule has 5 atom stereocenters. The molecule has 0 saturated carbocycles. The van der Waals surface area contributed by atoms with E-state index < -0.39 is 97.5 Å². The van der Waals surface area contributed by atoms with Crippen LogP contribution in [-0.4, -0.2) is 96.7 Å². The van der Waals surface area contributed by atoms with Crippen molar-refractivity contribution in [3.8, 4) is 0 Å². The smallest absolute Gasteiger partial charge is 0.462 e. The van der Waals surface area contributed by atoms with E-state index in [4.69, 9.17) is 37.0 Å². The largest absolute Gasteiger partial charge is 0.472 e. The number of rotatable bonds is 75. The fraction of sp³-hybridized carbons (Fsp3) is 0.949. The van der Waals surface area contributed by atoms with Crippen molar-refractivity contribution in [3.05, 3.63) is 0 Å². The van der Waals surface area contributed by atoms with Crippen molar-refractivity contribution in [1.82, 2.24) is 0 Å². The fourth-order valence-electron chi connectivity index (χ4n) is 11.9. The molecule has 0 radical (unpaired) electrons. The molecule has 19 heteroatoms. The third-order valence-electron chi connectivity index (χ3n) is 18.1. The molecule has 0 aromatic heterocycles. The number of ether oxygens (including phenoxy) is 4. The number of aliphatic hydroxyl groups is 1. The van der Waals surface area contributed by atoms with Crippen molar-refractivity contribution in [1.29, 1.82) is 0 Å². The van der Waals surface area contributed by atoms with Gasteiger partial charge in [-0.05, 0) is 49.4 Å². The lowest BCUT2D eigenvalue weighted by Crippen LogP contribution is -2.30. The zero-order valence-corrected chi connectivity index (χ0v) is 65.5. The zero-order chi connectivity index (χ0) is 71.7. The zero-order valence-electron chi connectivity index (χ0n) is 63.7. The second-order valence-corrected chi connectivity index (χ2v) is 32.9. The molecule has 0 aromatic carbocycles. The highest BCUT2D eigenvalue weighted by atomic mass is 31.2. The molecule has 0 saturated heterocycles. The number of carbonyl (C=O) groups is 4.